The third kappa shape index (κ3) is 4.50. The van der Waals surface area contributed by atoms with Gasteiger partial charge in [0.1, 0.15) is 18.5 Å². The highest BCUT2D eigenvalue weighted by Gasteiger charge is 2.49. The minimum absolute atomic E-state index is 0.214. The second kappa shape index (κ2) is 9.89. The molecule has 9 heteroatoms. The van der Waals surface area contributed by atoms with Gasteiger partial charge >= 0.3 is 0 Å². The van der Waals surface area contributed by atoms with E-state index < -0.39 is 6.17 Å². The van der Waals surface area contributed by atoms with Crippen molar-refractivity contribution >= 4 is 33.7 Å². The molecule has 2 bridgehead atoms. The van der Waals surface area contributed by atoms with E-state index >= 15 is 0 Å². The van der Waals surface area contributed by atoms with Gasteiger partial charge in [0.15, 0.2) is 0 Å². The molecule has 4 saturated heterocycles. The predicted octanol–water partition coefficient (Wildman–Crippen LogP) is 5.05. The summed E-state index contributed by atoms with van der Waals surface area (Å²) >= 11 is 6.69. The minimum atomic E-state index is -0.778. The number of anilines is 2. The molecule has 3 aromatic rings. The van der Waals surface area contributed by atoms with Gasteiger partial charge in [-0.05, 0) is 56.2 Å². The van der Waals surface area contributed by atoms with Crippen LogP contribution in [0.5, 0.6) is 11.6 Å². The molecule has 8 rings (SSSR count). The summed E-state index contributed by atoms with van der Waals surface area (Å²) in [5.74, 6) is 0.861. The van der Waals surface area contributed by atoms with Crippen LogP contribution in [-0.4, -0.2) is 78.1 Å². The zero-order valence-electron chi connectivity index (χ0n) is 23.3. The Morgan fingerprint density at radius 2 is 1.93 bits per heavy atom. The molecule has 0 radical (unpaired) electrons. The summed E-state index contributed by atoms with van der Waals surface area (Å²) in [6, 6.07) is 12.6. The van der Waals surface area contributed by atoms with Gasteiger partial charge in [-0.2, -0.15) is 0 Å². The number of hydrogen-bond acceptors (Lipinski definition) is 7. The van der Waals surface area contributed by atoms with Gasteiger partial charge in [0.25, 0.3) is 0 Å². The lowest BCUT2D eigenvalue weighted by Gasteiger charge is -2.39. The van der Waals surface area contributed by atoms with Gasteiger partial charge in [-0.15, -0.1) is 0 Å². The highest BCUT2D eigenvalue weighted by molar-refractivity contribution is 6.36. The molecule has 0 amide bonds. The van der Waals surface area contributed by atoms with Crippen LogP contribution in [0.4, 0.5) is 15.8 Å². The minimum Gasteiger partial charge on any atom is -0.508 e. The Morgan fingerprint density at radius 3 is 2.78 bits per heavy atom. The smallest absolute Gasteiger partial charge is 0.215 e. The number of aromatic hydroxyl groups is 1. The zero-order valence-corrected chi connectivity index (χ0v) is 24.0. The van der Waals surface area contributed by atoms with Gasteiger partial charge in [-0.3, -0.25) is 4.90 Å². The van der Waals surface area contributed by atoms with Crippen LogP contribution in [0.25, 0.3) is 10.8 Å². The third-order valence-corrected chi connectivity index (χ3v) is 10.5. The van der Waals surface area contributed by atoms with Crippen molar-refractivity contribution in [1.82, 2.24) is 15.2 Å². The first kappa shape index (κ1) is 25.9. The summed E-state index contributed by atoms with van der Waals surface area (Å²) in [6.07, 6.45) is 5.13. The standard InChI is InChI=1S/C32H37ClFN5O2/c33-26-4-1-3-20-11-24(40)12-29(31(20)26)37-10-7-25-27(18-37)36-30(13-28(25)38-16-22-5-6-23(17-38)35-22)41-19-32-8-2-9-39(32)15-21(34)14-32/h1,3-4,11-13,21-23,35,40H,2,5-10,14-19H2/t21-,22?,23?,32+/m1/s1. The molecule has 0 saturated carbocycles. The number of halogens is 2. The second-order valence-corrected chi connectivity index (χ2v) is 13.2. The summed E-state index contributed by atoms with van der Waals surface area (Å²) in [4.78, 5) is 12.2. The van der Waals surface area contributed by atoms with Crippen molar-refractivity contribution in [3.63, 3.8) is 0 Å². The maximum Gasteiger partial charge on any atom is 0.215 e. The van der Waals surface area contributed by atoms with Crippen molar-refractivity contribution in [2.45, 2.75) is 68.9 Å². The lowest BCUT2D eigenvalue weighted by Crippen LogP contribution is -2.51. The largest absolute Gasteiger partial charge is 0.508 e. The first-order valence-electron chi connectivity index (χ1n) is 15.2. The average molecular weight is 578 g/mol. The van der Waals surface area contributed by atoms with Crippen LogP contribution in [0, 0.1) is 0 Å². The maximum absolute atomic E-state index is 14.4. The van der Waals surface area contributed by atoms with Crippen molar-refractivity contribution in [3.05, 3.63) is 52.7 Å². The lowest BCUT2D eigenvalue weighted by atomic mass is 9.95. The van der Waals surface area contributed by atoms with Crippen molar-refractivity contribution < 1.29 is 14.2 Å². The van der Waals surface area contributed by atoms with Gasteiger partial charge < -0.3 is 25.0 Å². The van der Waals surface area contributed by atoms with Crippen LogP contribution >= 0.6 is 11.6 Å². The number of aromatic nitrogens is 1. The molecule has 2 N–H and O–H groups in total. The zero-order chi connectivity index (χ0) is 27.7. The third-order valence-electron chi connectivity index (χ3n) is 10.2. The van der Waals surface area contributed by atoms with E-state index in [1.54, 1.807) is 6.07 Å². The summed E-state index contributed by atoms with van der Waals surface area (Å²) in [5, 5.41) is 16.9. The Morgan fingerprint density at radius 1 is 1.07 bits per heavy atom. The summed E-state index contributed by atoms with van der Waals surface area (Å²) < 4.78 is 21.0. The molecule has 5 aliphatic rings. The molecule has 0 spiro atoms. The summed E-state index contributed by atoms with van der Waals surface area (Å²) in [7, 11) is 0. The summed E-state index contributed by atoms with van der Waals surface area (Å²) in [6.45, 7) is 5.33. The van der Waals surface area contributed by atoms with Crippen LogP contribution in [0.15, 0.2) is 36.4 Å². The number of rotatable bonds is 5. The molecule has 2 unspecified atom stereocenters. The molecule has 7 nitrogen and oxygen atoms in total. The van der Waals surface area contributed by atoms with Gasteiger partial charge in [0, 0.05) is 73.5 Å². The van der Waals surface area contributed by atoms with Crippen molar-refractivity contribution in [2.75, 3.05) is 49.1 Å². The number of phenols is 1. The molecule has 1 aromatic heterocycles. The number of ether oxygens (including phenoxy) is 1. The van der Waals surface area contributed by atoms with Gasteiger partial charge in [0.2, 0.25) is 5.88 Å². The quantitative estimate of drug-likeness (QED) is 0.440. The number of piperazine rings is 1. The predicted molar refractivity (Wildman–Crippen MR) is 160 cm³/mol. The molecular weight excluding hydrogens is 541 g/mol. The van der Waals surface area contributed by atoms with E-state index in [-0.39, 0.29) is 11.3 Å². The van der Waals surface area contributed by atoms with E-state index in [0.717, 1.165) is 67.6 Å². The average Bonchev–Trinajstić information content (AvgIpc) is 3.61. The Labute approximate surface area is 245 Å². The van der Waals surface area contributed by atoms with E-state index in [2.05, 4.69) is 26.1 Å². The number of nitrogens with one attached hydrogen (secondary N) is 1. The molecule has 0 aliphatic carbocycles. The van der Waals surface area contributed by atoms with Gasteiger partial charge in [-0.1, -0.05) is 23.7 Å². The first-order valence-corrected chi connectivity index (χ1v) is 15.5. The van der Waals surface area contributed by atoms with E-state index in [9.17, 15) is 9.50 Å². The van der Waals surface area contributed by atoms with E-state index in [0.29, 0.717) is 49.1 Å². The van der Waals surface area contributed by atoms with Crippen molar-refractivity contribution in [2.24, 2.45) is 0 Å². The van der Waals surface area contributed by atoms with Crippen LogP contribution in [-0.2, 0) is 13.0 Å². The lowest BCUT2D eigenvalue weighted by molar-refractivity contribution is 0.110. The van der Waals surface area contributed by atoms with Crippen molar-refractivity contribution in [1.29, 1.82) is 0 Å². The SMILES string of the molecule is Oc1cc(N2CCc3c(N4CC5CCC(C4)N5)cc(OC[C@@]45CCCN4C[C@H](F)C5)nc3C2)c2c(Cl)cccc2c1. The van der Waals surface area contributed by atoms with E-state index in [1.807, 2.05) is 24.3 Å². The molecular formula is C32H37ClFN5O2. The van der Waals surface area contributed by atoms with E-state index in [4.69, 9.17) is 21.3 Å². The normalized spacial score (nSPS) is 29.3. The molecule has 4 atom stereocenters. The fourth-order valence-corrected chi connectivity index (χ4v) is 8.58. The molecule has 2 aromatic carbocycles. The number of pyridine rings is 1. The van der Waals surface area contributed by atoms with E-state index in [1.165, 1.54) is 24.1 Å². The molecule has 216 valence electrons. The topological polar surface area (TPSA) is 64.1 Å². The Bertz CT molecular complexity index is 1490. The molecule has 6 heterocycles. The monoisotopic (exact) mass is 577 g/mol. The van der Waals surface area contributed by atoms with Crippen molar-refractivity contribution in [3.8, 4) is 11.6 Å². The van der Waals surface area contributed by atoms with Gasteiger partial charge in [-0.25, -0.2) is 9.37 Å². The fraction of sp³-hybridized carbons (Fsp3) is 0.531. The molecule has 41 heavy (non-hydrogen) atoms. The Balaban J connectivity index is 1.15. The Hall–Kier alpha value is -2.81. The number of nitrogens with zero attached hydrogens (tertiary/aromatic N) is 4. The second-order valence-electron chi connectivity index (χ2n) is 12.8. The first-order chi connectivity index (χ1) is 19.9. The number of benzene rings is 2. The maximum atomic E-state index is 14.4. The van der Waals surface area contributed by atoms with Crippen LogP contribution < -0.4 is 19.9 Å². The van der Waals surface area contributed by atoms with Crippen LogP contribution in [0.1, 0.15) is 43.4 Å². The number of alkyl halides is 1. The summed E-state index contributed by atoms with van der Waals surface area (Å²) in [5.41, 5.74) is 4.24. The number of phenolic OH excluding ortho intramolecular Hbond substituents is 1. The molecule has 5 aliphatic heterocycles. The number of fused-ring (bicyclic) bond motifs is 5. The molecule has 4 fully saturated rings. The fourth-order valence-electron chi connectivity index (χ4n) is 8.30. The highest BCUT2D eigenvalue weighted by Crippen LogP contribution is 2.42. The Kier molecular flexibility index (Phi) is 6.24. The number of hydrogen-bond donors (Lipinski definition) is 2. The van der Waals surface area contributed by atoms with Crippen LogP contribution in [0.3, 0.4) is 0 Å². The van der Waals surface area contributed by atoms with Gasteiger partial charge in [0.05, 0.1) is 28.5 Å². The van der Waals surface area contributed by atoms with Crippen LogP contribution in [0.2, 0.25) is 5.02 Å². The highest BCUT2D eigenvalue weighted by atomic mass is 35.5.